The summed E-state index contributed by atoms with van der Waals surface area (Å²) >= 11 is 0. The maximum absolute atomic E-state index is 11.6. The number of hydrogen-bond acceptors (Lipinski definition) is 4. The van der Waals surface area contributed by atoms with Gasteiger partial charge in [0.25, 0.3) is 10.2 Å². The second kappa shape index (κ2) is 5.19. The quantitative estimate of drug-likeness (QED) is 0.242. The molecule has 0 fully saturated rings. The third kappa shape index (κ3) is 6.44. The van der Waals surface area contributed by atoms with Crippen LogP contribution in [-0.2, 0) is 10.2 Å². The van der Waals surface area contributed by atoms with Gasteiger partial charge in [-0.1, -0.05) is 19.0 Å². The summed E-state index contributed by atoms with van der Waals surface area (Å²) in [6.45, 7) is 8.58. The zero-order valence-corrected chi connectivity index (χ0v) is 11.7. The van der Waals surface area contributed by atoms with Crippen LogP contribution < -0.4 is 15.2 Å². The molecule has 102 valence electrons. The molecule has 0 heterocycles. The molecule has 0 saturated heterocycles. The molecule has 8 heteroatoms. The van der Waals surface area contributed by atoms with Gasteiger partial charge in [0.2, 0.25) is 0 Å². The molecule has 0 aromatic heterocycles. The average molecular weight is 266 g/mol. The Hall–Kier alpha value is -0.860. The summed E-state index contributed by atoms with van der Waals surface area (Å²) < 4.78 is 28.1. The number of hydrogen-bond donors (Lipinski definition) is 4. The van der Waals surface area contributed by atoms with E-state index in [4.69, 9.17) is 10.9 Å². The van der Waals surface area contributed by atoms with Gasteiger partial charge in [0.1, 0.15) is 5.84 Å². The molecule has 0 bridgehead atoms. The molecule has 0 spiro atoms. The summed E-state index contributed by atoms with van der Waals surface area (Å²) in [5.41, 5.74) is 4.13. The standard InChI is InChI=1S/C9H22N4O3S/c1-8(2,3)13-17(15,16)11-6-9(4,5)7(10)12-14/h11,13-14H,6H2,1-5H3,(H2,10,12). The average Bonchev–Trinajstić information content (AvgIpc) is 2.10. The van der Waals surface area contributed by atoms with Crippen molar-refractivity contribution in [1.82, 2.24) is 9.44 Å². The summed E-state index contributed by atoms with van der Waals surface area (Å²) in [7, 11) is -3.61. The van der Waals surface area contributed by atoms with Crippen molar-refractivity contribution in [2.75, 3.05) is 6.54 Å². The third-order valence-electron chi connectivity index (χ3n) is 1.95. The number of nitrogens with zero attached hydrogens (tertiary/aromatic N) is 1. The molecule has 0 radical (unpaired) electrons. The predicted octanol–water partition coefficient (Wildman–Crippen LogP) is -0.0185. The highest BCUT2D eigenvalue weighted by Crippen LogP contribution is 2.13. The van der Waals surface area contributed by atoms with E-state index in [1.165, 1.54) is 0 Å². The molecule has 0 saturated carbocycles. The van der Waals surface area contributed by atoms with Crippen LogP contribution in [0.4, 0.5) is 0 Å². The van der Waals surface area contributed by atoms with Gasteiger partial charge >= 0.3 is 0 Å². The lowest BCUT2D eigenvalue weighted by Gasteiger charge is -2.25. The van der Waals surface area contributed by atoms with Gasteiger partial charge < -0.3 is 10.9 Å². The number of nitrogens with one attached hydrogen (secondary N) is 2. The Bertz CT molecular complexity index is 382. The van der Waals surface area contributed by atoms with Crippen molar-refractivity contribution in [1.29, 1.82) is 0 Å². The number of oxime groups is 1. The minimum Gasteiger partial charge on any atom is -0.409 e. The summed E-state index contributed by atoms with van der Waals surface area (Å²) in [6.07, 6.45) is 0. The number of rotatable bonds is 5. The normalized spacial score (nSPS) is 15.0. The smallest absolute Gasteiger partial charge is 0.277 e. The Balaban J connectivity index is 4.59. The van der Waals surface area contributed by atoms with E-state index >= 15 is 0 Å². The van der Waals surface area contributed by atoms with E-state index in [0.29, 0.717) is 0 Å². The maximum Gasteiger partial charge on any atom is 0.277 e. The van der Waals surface area contributed by atoms with Crippen molar-refractivity contribution in [2.24, 2.45) is 16.3 Å². The van der Waals surface area contributed by atoms with E-state index in [9.17, 15) is 8.42 Å². The summed E-state index contributed by atoms with van der Waals surface area (Å²) in [5, 5.41) is 11.4. The van der Waals surface area contributed by atoms with Gasteiger partial charge in [-0.05, 0) is 20.8 Å². The summed E-state index contributed by atoms with van der Waals surface area (Å²) in [6, 6.07) is 0. The van der Waals surface area contributed by atoms with Crippen LogP contribution in [0.1, 0.15) is 34.6 Å². The van der Waals surface area contributed by atoms with Crippen LogP contribution in [0.5, 0.6) is 0 Å². The fraction of sp³-hybridized carbons (Fsp3) is 0.889. The van der Waals surface area contributed by atoms with Gasteiger partial charge in [-0.15, -0.1) is 0 Å². The first kappa shape index (κ1) is 16.1. The molecule has 0 aromatic carbocycles. The Morgan fingerprint density at radius 3 is 2.12 bits per heavy atom. The van der Waals surface area contributed by atoms with E-state index in [1.54, 1.807) is 34.6 Å². The molecular formula is C9H22N4O3S. The maximum atomic E-state index is 11.6. The molecule has 0 aliphatic heterocycles. The predicted molar refractivity (Wildman–Crippen MR) is 67.0 cm³/mol. The van der Waals surface area contributed by atoms with Crippen LogP contribution in [0.25, 0.3) is 0 Å². The molecule has 7 nitrogen and oxygen atoms in total. The van der Waals surface area contributed by atoms with Crippen LogP contribution in [0, 0.1) is 5.41 Å². The van der Waals surface area contributed by atoms with E-state index in [2.05, 4.69) is 14.6 Å². The molecule has 5 N–H and O–H groups in total. The van der Waals surface area contributed by atoms with Gasteiger partial charge in [0.15, 0.2) is 0 Å². The lowest BCUT2D eigenvalue weighted by Crippen LogP contribution is -2.50. The molecule has 0 atom stereocenters. The topological polar surface area (TPSA) is 117 Å². The van der Waals surface area contributed by atoms with Gasteiger partial charge in [0, 0.05) is 17.5 Å². The highest BCUT2D eigenvalue weighted by molar-refractivity contribution is 7.87. The molecule has 17 heavy (non-hydrogen) atoms. The highest BCUT2D eigenvalue weighted by Gasteiger charge is 2.27. The third-order valence-corrected chi connectivity index (χ3v) is 3.35. The molecule has 0 aliphatic carbocycles. The fourth-order valence-electron chi connectivity index (χ4n) is 0.941. The first-order chi connectivity index (χ1) is 7.40. The minimum absolute atomic E-state index is 0.0315. The highest BCUT2D eigenvalue weighted by atomic mass is 32.2. The van der Waals surface area contributed by atoms with Crippen LogP contribution in [-0.4, -0.2) is 31.5 Å². The molecule has 0 aliphatic rings. The van der Waals surface area contributed by atoms with Crippen LogP contribution in [0.3, 0.4) is 0 Å². The molecule has 0 aromatic rings. The van der Waals surface area contributed by atoms with Crippen molar-refractivity contribution < 1.29 is 13.6 Å². The number of nitrogens with two attached hydrogens (primary N) is 1. The summed E-state index contributed by atoms with van der Waals surface area (Å²) in [4.78, 5) is 0. The zero-order valence-electron chi connectivity index (χ0n) is 10.9. The van der Waals surface area contributed by atoms with E-state index in [0.717, 1.165) is 0 Å². The first-order valence-corrected chi connectivity index (χ1v) is 6.64. The Labute approximate surface area is 103 Å². The van der Waals surface area contributed by atoms with E-state index in [-0.39, 0.29) is 12.4 Å². The van der Waals surface area contributed by atoms with Gasteiger partial charge in [-0.3, -0.25) is 0 Å². The Morgan fingerprint density at radius 2 is 1.76 bits per heavy atom. The van der Waals surface area contributed by atoms with Crippen molar-refractivity contribution in [3.63, 3.8) is 0 Å². The lowest BCUT2D eigenvalue weighted by molar-refractivity contribution is 0.307. The van der Waals surface area contributed by atoms with E-state index < -0.39 is 21.2 Å². The van der Waals surface area contributed by atoms with Crippen molar-refractivity contribution >= 4 is 16.0 Å². The van der Waals surface area contributed by atoms with E-state index in [1.807, 2.05) is 0 Å². The van der Waals surface area contributed by atoms with Gasteiger partial charge in [0.05, 0.1) is 0 Å². The second-order valence-electron chi connectivity index (χ2n) is 5.55. The summed E-state index contributed by atoms with van der Waals surface area (Å²) in [5.74, 6) is -0.0315. The van der Waals surface area contributed by atoms with Crippen molar-refractivity contribution in [3.8, 4) is 0 Å². The Kier molecular flexibility index (Phi) is 4.93. The molecular weight excluding hydrogens is 244 g/mol. The van der Waals surface area contributed by atoms with Crippen LogP contribution in [0.2, 0.25) is 0 Å². The monoisotopic (exact) mass is 266 g/mol. The number of amidine groups is 1. The van der Waals surface area contributed by atoms with Gasteiger partial charge in [-0.25, -0.2) is 4.72 Å². The second-order valence-corrected chi connectivity index (χ2v) is 7.05. The van der Waals surface area contributed by atoms with Crippen LogP contribution >= 0.6 is 0 Å². The largest absolute Gasteiger partial charge is 0.409 e. The lowest BCUT2D eigenvalue weighted by atomic mass is 9.93. The van der Waals surface area contributed by atoms with Crippen molar-refractivity contribution in [3.05, 3.63) is 0 Å². The molecule has 0 unspecified atom stereocenters. The SMILES string of the molecule is CC(C)(C)NS(=O)(=O)NCC(C)(C)C(N)=NO. The zero-order chi connectivity index (χ0) is 13.9. The van der Waals surface area contributed by atoms with Gasteiger partial charge in [-0.2, -0.15) is 13.1 Å². The first-order valence-electron chi connectivity index (χ1n) is 5.16. The minimum atomic E-state index is -3.61. The molecule has 0 amide bonds. The molecule has 0 rings (SSSR count). The van der Waals surface area contributed by atoms with Crippen LogP contribution in [0.15, 0.2) is 5.16 Å². The van der Waals surface area contributed by atoms with Crippen molar-refractivity contribution in [2.45, 2.75) is 40.2 Å². The fourth-order valence-corrected chi connectivity index (χ4v) is 2.37. The Morgan fingerprint density at radius 1 is 1.29 bits per heavy atom.